The minimum Gasteiger partial charge on any atom is -0.473 e. The number of carbonyl (C=O) groups excluding carboxylic acids is 1. The molecule has 3 rings (SSSR count). The van der Waals surface area contributed by atoms with E-state index in [1.165, 1.54) is 13.3 Å². The van der Waals surface area contributed by atoms with Crippen LogP contribution in [0, 0.1) is 12.9 Å². The van der Waals surface area contributed by atoms with Gasteiger partial charge in [-0.15, -0.1) is 0 Å². The molecule has 0 bridgehead atoms. The number of aromatic nitrogens is 3. The molecular weight excluding hydrogens is 345 g/mol. The number of aryl methyl sites for hydroxylation is 1. The average molecular weight is 365 g/mol. The third-order valence-corrected chi connectivity index (χ3v) is 4.94. The monoisotopic (exact) mass is 365 g/mol. The summed E-state index contributed by atoms with van der Waals surface area (Å²) in [6.45, 7) is 6.46. The van der Waals surface area contributed by atoms with Crippen LogP contribution in [0.2, 0.25) is 0 Å². The highest BCUT2D eigenvalue weighted by Crippen LogP contribution is 2.28. The Morgan fingerprint density at radius 3 is 3.04 bits per heavy atom. The summed E-state index contributed by atoms with van der Waals surface area (Å²) in [5.74, 6) is -0.233. The lowest BCUT2D eigenvalue weighted by Crippen LogP contribution is -2.28. The van der Waals surface area contributed by atoms with Crippen molar-refractivity contribution in [1.29, 1.82) is 0 Å². The second-order valence-electron chi connectivity index (χ2n) is 6.17. The molecule has 1 aliphatic rings. The number of amides is 1. The maximum atomic E-state index is 14.0. The molecule has 1 fully saturated rings. The SMILES string of the molecule is CC(=O)Nc1nc(F)c(CN2C[C@@H](Oc3cc(C)ncn3)C[C@@H]2C)s1. The predicted octanol–water partition coefficient (Wildman–Crippen LogP) is 2.38. The number of anilines is 1. The van der Waals surface area contributed by atoms with Gasteiger partial charge in [-0.2, -0.15) is 9.37 Å². The smallest absolute Gasteiger partial charge is 0.230 e. The molecule has 1 amide bonds. The number of ether oxygens (including phenoxy) is 1. The first-order chi connectivity index (χ1) is 11.9. The van der Waals surface area contributed by atoms with Gasteiger partial charge in [0.1, 0.15) is 12.4 Å². The number of hydrogen-bond acceptors (Lipinski definition) is 7. The van der Waals surface area contributed by atoms with Gasteiger partial charge in [0.25, 0.3) is 0 Å². The summed E-state index contributed by atoms with van der Waals surface area (Å²) >= 11 is 1.16. The van der Waals surface area contributed by atoms with Gasteiger partial charge in [0.2, 0.25) is 17.7 Å². The van der Waals surface area contributed by atoms with Gasteiger partial charge in [-0.05, 0) is 13.8 Å². The molecule has 9 heteroatoms. The Hall–Kier alpha value is -2.13. The average Bonchev–Trinajstić information content (AvgIpc) is 3.02. The zero-order valence-corrected chi connectivity index (χ0v) is 15.1. The van der Waals surface area contributed by atoms with Crippen molar-refractivity contribution in [2.24, 2.45) is 0 Å². The highest BCUT2D eigenvalue weighted by Gasteiger charge is 2.32. The van der Waals surface area contributed by atoms with Crippen molar-refractivity contribution in [3.8, 4) is 5.88 Å². The molecule has 1 saturated heterocycles. The highest BCUT2D eigenvalue weighted by molar-refractivity contribution is 7.15. The maximum Gasteiger partial charge on any atom is 0.230 e. The van der Waals surface area contributed by atoms with Crippen molar-refractivity contribution >= 4 is 22.4 Å². The van der Waals surface area contributed by atoms with E-state index in [9.17, 15) is 9.18 Å². The second-order valence-corrected chi connectivity index (χ2v) is 7.25. The lowest BCUT2D eigenvalue weighted by atomic mass is 10.2. The molecule has 2 aromatic rings. The third-order valence-electron chi connectivity index (χ3n) is 4.01. The summed E-state index contributed by atoms with van der Waals surface area (Å²) in [6, 6.07) is 2.05. The fourth-order valence-electron chi connectivity index (χ4n) is 2.84. The minimum absolute atomic E-state index is 0.00454. The number of nitrogens with zero attached hydrogens (tertiary/aromatic N) is 4. The van der Waals surface area contributed by atoms with Crippen LogP contribution >= 0.6 is 11.3 Å². The van der Waals surface area contributed by atoms with Crippen molar-refractivity contribution in [3.63, 3.8) is 0 Å². The van der Waals surface area contributed by atoms with Crippen molar-refractivity contribution in [2.75, 3.05) is 11.9 Å². The topological polar surface area (TPSA) is 80.2 Å². The van der Waals surface area contributed by atoms with Crippen LogP contribution in [-0.4, -0.2) is 44.4 Å². The number of rotatable bonds is 5. The molecule has 0 saturated carbocycles. The lowest BCUT2D eigenvalue weighted by molar-refractivity contribution is -0.114. The van der Waals surface area contributed by atoms with Crippen LogP contribution in [0.5, 0.6) is 5.88 Å². The largest absolute Gasteiger partial charge is 0.473 e. The van der Waals surface area contributed by atoms with E-state index in [1.807, 2.05) is 6.92 Å². The molecule has 0 radical (unpaired) electrons. The van der Waals surface area contributed by atoms with Gasteiger partial charge in [0.05, 0.1) is 4.88 Å². The Labute approximate surface area is 149 Å². The molecule has 0 spiro atoms. The van der Waals surface area contributed by atoms with E-state index in [-0.39, 0.29) is 23.2 Å². The summed E-state index contributed by atoms with van der Waals surface area (Å²) in [5.41, 5.74) is 0.852. The number of hydrogen-bond donors (Lipinski definition) is 1. The van der Waals surface area contributed by atoms with Gasteiger partial charge in [-0.25, -0.2) is 9.97 Å². The van der Waals surface area contributed by atoms with Gasteiger partial charge >= 0.3 is 0 Å². The summed E-state index contributed by atoms with van der Waals surface area (Å²) in [5, 5.41) is 2.81. The van der Waals surface area contributed by atoms with Gasteiger partial charge < -0.3 is 10.1 Å². The number of carbonyl (C=O) groups is 1. The number of likely N-dealkylation sites (tertiary alicyclic amines) is 1. The van der Waals surface area contributed by atoms with Crippen LogP contribution in [0.15, 0.2) is 12.4 Å². The Morgan fingerprint density at radius 2 is 2.32 bits per heavy atom. The van der Waals surface area contributed by atoms with E-state index < -0.39 is 5.95 Å². The van der Waals surface area contributed by atoms with Crippen molar-refractivity contribution < 1.29 is 13.9 Å². The zero-order chi connectivity index (χ0) is 18.0. The molecule has 0 aromatic carbocycles. The van der Waals surface area contributed by atoms with Gasteiger partial charge in [-0.3, -0.25) is 9.69 Å². The maximum absolute atomic E-state index is 14.0. The van der Waals surface area contributed by atoms with Crippen LogP contribution in [0.4, 0.5) is 9.52 Å². The van der Waals surface area contributed by atoms with Crippen LogP contribution in [0.3, 0.4) is 0 Å². The Bertz CT molecular complexity index is 769. The van der Waals surface area contributed by atoms with Gasteiger partial charge in [0.15, 0.2) is 5.13 Å². The molecule has 0 aliphatic carbocycles. The lowest BCUT2D eigenvalue weighted by Gasteiger charge is -2.19. The Kier molecular flexibility index (Phi) is 5.24. The molecule has 0 unspecified atom stereocenters. The van der Waals surface area contributed by atoms with E-state index in [0.29, 0.717) is 23.8 Å². The molecular formula is C16H20FN5O2S. The normalized spacial score (nSPS) is 20.6. The second kappa shape index (κ2) is 7.40. The van der Waals surface area contributed by atoms with Crippen LogP contribution < -0.4 is 10.1 Å². The van der Waals surface area contributed by atoms with E-state index >= 15 is 0 Å². The highest BCUT2D eigenvalue weighted by atomic mass is 32.1. The molecule has 3 heterocycles. The van der Waals surface area contributed by atoms with Gasteiger partial charge in [0, 0.05) is 44.2 Å². The predicted molar refractivity (Wildman–Crippen MR) is 92.0 cm³/mol. The van der Waals surface area contributed by atoms with Crippen LogP contribution in [0.1, 0.15) is 30.8 Å². The van der Waals surface area contributed by atoms with Crippen LogP contribution in [-0.2, 0) is 11.3 Å². The van der Waals surface area contributed by atoms with E-state index in [0.717, 1.165) is 23.5 Å². The fourth-order valence-corrected chi connectivity index (χ4v) is 3.75. The quantitative estimate of drug-likeness (QED) is 0.876. The zero-order valence-electron chi connectivity index (χ0n) is 14.3. The molecule has 134 valence electrons. The molecule has 25 heavy (non-hydrogen) atoms. The van der Waals surface area contributed by atoms with Crippen molar-refractivity contribution in [2.45, 2.75) is 45.9 Å². The Balaban J connectivity index is 1.62. The first kappa shape index (κ1) is 17.7. The summed E-state index contributed by atoms with van der Waals surface area (Å²) in [6.07, 6.45) is 2.31. The summed E-state index contributed by atoms with van der Waals surface area (Å²) in [7, 11) is 0. The first-order valence-corrected chi connectivity index (χ1v) is 8.84. The molecule has 2 atom stereocenters. The molecule has 1 N–H and O–H groups in total. The standard InChI is InChI=1S/C16H20FN5O2S/c1-9-4-14(19-8-18-9)24-12-5-10(2)22(6-12)7-13-15(17)21-16(25-13)20-11(3)23/h4,8,10,12H,5-7H2,1-3H3,(H,20,21,23)/t10-,12-/m0/s1. The molecule has 7 nitrogen and oxygen atoms in total. The van der Waals surface area contributed by atoms with Crippen molar-refractivity contribution in [1.82, 2.24) is 19.9 Å². The number of halogens is 1. The summed E-state index contributed by atoms with van der Waals surface area (Å²) < 4.78 is 19.9. The molecule has 1 aliphatic heterocycles. The minimum atomic E-state index is -0.531. The van der Waals surface area contributed by atoms with Crippen molar-refractivity contribution in [3.05, 3.63) is 28.9 Å². The third kappa shape index (κ3) is 4.49. The first-order valence-electron chi connectivity index (χ1n) is 8.03. The number of thiazole rings is 1. The van der Waals surface area contributed by atoms with E-state index in [2.05, 4.69) is 32.1 Å². The van der Waals surface area contributed by atoms with E-state index in [4.69, 9.17) is 4.74 Å². The van der Waals surface area contributed by atoms with E-state index in [1.54, 1.807) is 6.07 Å². The molecule has 2 aromatic heterocycles. The van der Waals surface area contributed by atoms with Gasteiger partial charge in [-0.1, -0.05) is 11.3 Å². The Morgan fingerprint density at radius 1 is 1.52 bits per heavy atom. The fraction of sp³-hybridized carbons (Fsp3) is 0.500. The number of nitrogens with one attached hydrogen (secondary N) is 1. The summed E-state index contributed by atoms with van der Waals surface area (Å²) in [4.78, 5) is 25.7. The van der Waals surface area contributed by atoms with Crippen LogP contribution in [0.25, 0.3) is 0 Å².